The van der Waals surface area contributed by atoms with Crippen LogP contribution in [-0.2, 0) is 52.6 Å². The largest absolute Gasteiger partial charge is 0.458 e. The number of amides is 6. The number of aliphatic hydroxyl groups is 3. The minimum atomic E-state index is -2.86. The van der Waals surface area contributed by atoms with Crippen LogP contribution in [0.4, 0.5) is 0 Å². The average Bonchev–Trinajstić information content (AvgIpc) is 3.33. The van der Waals surface area contributed by atoms with Gasteiger partial charge in [0, 0.05) is 39.6 Å². The number of likely N-dealkylation sites (N-methyl/N-ethyl adjacent to an activating group) is 1. The number of fused-ring (bicyclic) bond motifs is 2. The number of methoxy groups -OCH3 is 1. The molecule has 8 N–H and O–H groups in total. The number of carbonyl (C=O) groups is 8. The van der Waals surface area contributed by atoms with Crippen LogP contribution in [0.15, 0.2) is 23.3 Å². The summed E-state index contributed by atoms with van der Waals surface area (Å²) in [6.45, 7) is 15.0. The molecule has 0 radical (unpaired) electrons. The highest BCUT2D eigenvalue weighted by atomic mass is 16.7. The number of aliphatic hydroxyl groups excluding tert-OH is 1. The molecule has 0 spiro atoms. The third kappa shape index (κ3) is 12.4. The van der Waals surface area contributed by atoms with E-state index in [2.05, 4.69) is 21.5 Å². The van der Waals surface area contributed by atoms with Gasteiger partial charge >= 0.3 is 5.97 Å². The number of ketones is 1. The van der Waals surface area contributed by atoms with Gasteiger partial charge in [-0.3, -0.25) is 48.8 Å². The third-order valence-corrected chi connectivity index (χ3v) is 14.0. The van der Waals surface area contributed by atoms with Crippen LogP contribution in [-0.4, -0.2) is 188 Å². The highest BCUT2D eigenvalue weighted by molar-refractivity contribution is 5.98. The molecule has 23 heteroatoms. The van der Waals surface area contributed by atoms with E-state index in [-0.39, 0.29) is 62.0 Å². The summed E-state index contributed by atoms with van der Waals surface area (Å²) in [5, 5.41) is 53.7. The van der Waals surface area contributed by atoms with Crippen LogP contribution in [0, 0.1) is 17.8 Å². The van der Waals surface area contributed by atoms with Gasteiger partial charge in [-0.1, -0.05) is 39.8 Å². The van der Waals surface area contributed by atoms with Gasteiger partial charge in [0.1, 0.15) is 30.3 Å². The predicted molar refractivity (Wildman–Crippen MR) is 249 cm³/mol. The number of nitrogens with one attached hydrogen (secondary N) is 4. The lowest BCUT2D eigenvalue weighted by Crippen LogP contribution is -2.70. The van der Waals surface area contributed by atoms with Gasteiger partial charge in [0.2, 0.25) is 11.7 Å². The molecule has 13 atom stereocenters. The minimum Gasteiger partial charge on any atom is -0.458 e. The van der Waals surface area contributed by atoms with E-state index in [1.165, 1.54) is 41.9 Å². The Morgan fingerprint density at radius 1 is 0.943 bits per heavy atom. The molecular weight excluding hydrogens is 917 g/mol. The first kappa shape index (κ1) is 57.7. The lowest BCUT2D eigenvalue weighted by atomic mass is 9.80. The van der Waals surface area contributed by atoms with Gasteiger partial charge in [-0.2, -0.15) is 0 Å². The Hall–Kier alpha value is -4.88. The fourth-order valence-corrected chi connectivity index (χ4v) is 9.16. The molecule has 6 amide bonds. The Labute approximate surface area is 409 Å². The van der Waals surface area contributed by atoms with Crippen molar-refractivity contribution in [3.05, 3.63) is 23.3 Å². The summed E-state index contributed by atoms with van der Waals surface area (Å²) >= 11 is 0. The van der Waals surface area contributed by atoms with Gasteiger partial charge in [-0.15, -0.1) is 0 Å². The molecule has 4 aliphatic heterocycles. The lowest BCUT2D eigenvalue weighted by molar-refractivity contribution is -0.321. The number of ether oxygens (including phenoxy) is 3. The number of hydrazine groups is 2. The van der Waals surface area contributed by atoms with Crippen LogP contribution in [0.1, 0.15) is 108 Å². The molecule has 0 bridgehead atoms. The molecule has 0 saturated carbocycles. The van der Waals surface area contributed by atoms with Crippen molar-refractivity contribution in [2.24, 2.45) is 17.8 Å². The van der Waals surface area contributed by atoms with Gasteiger partial charge in [0.05, 0.1) is 18.8 Å². The highest BCUT2D eigenvalue weighted by Gasteiger charge is 2.58. The predicted octanol–water partition coefficient (Wildman–Crippen LogP) is -0.638. The third-order valence-electron chi connectivity index (χ3n) is 14.0. The van der Waals surface area contributed by atoms with Crippen LogP contribution in [0.25, 0.3) is 0 Å². The van der Waals surface area contributed by atoms with E-state index in [1.807, 2.05) is 6.92 Å². The quantitative estimate of drug-likeness (QED) is 0.0553. The van der Waals surface area contributed by atoms with E-state index in [1.54, 1.807) is 39.8 Å². The number of allylic oxidation sites excluding steroid dienone is 3. The topological polar surface area (TPSA) is 306 Å². The fourth-order valence-electron chi connectivity index (χ4n) is 9.16. The first-order chi connectivity index (χ1) is 32.7. The van der Waals surface area contributed by atoms with Gasteiger partial charge in [0.15, 0.2) is 23.5 Å². The summed E-state index contributed by atoms with van der Waals surface area (Å²) in [5.41, 5.74) is 3.91. The summed E-state index contributed by atoms with van der Waals surface area (Å²) in [7, 11) is 2.47. The molecule has 0 aromatic heterocycles. The smallest absolute Gasteiger partial charge is 0.331 e. The maximum absolute atomic E-state index is 15.2. The molecular formula is C47H76N8O15. The van der Waals surface area contributed by atoms with Crippen molar-refractivity contribution in [1.29, 1.82) is 0 Å². The molecule has 394 valence electrons. The normalized spacial score (nSPS) is 32.7. The maximum Gasteiger partial charge on any atom is 0.331 e. The molecule has 4 rings (SSSR count). The number of rotatable bonds is 11. The first-order valence-electron chi connectivity index (χ1n) is 24.1. The Morgan fingerprint density at radius 2 is 1.53 bits per heavy atom. The zero-order valence-corrected chi connectivity index (χ0v) is 42.5. The van der Waals surface area contributed by atoms with Crippen LogP contribution in [0.3, 0.4) is 0 Å². The second-order valence-electron chi connectivity index (χ2n) is 19.6. The molecule has 0 aromatic rings. The Kier molecular flexibility index (Phi) is 19.8. The van der Waals surface area contributed by atoms with Gasteiger partial charge < -0.3 is 45.1 Å². The van der Waals surface area contributed by atoms with E-state index in [9.17, 15) is 54.1 Å². The molecule has 0 aliphatic carbocycles. The molecule has 2 unspecified atom stereocenters. The summed E-state index contributed by atoms with van der Waals surface area (Å²) in [6, 6.07) is -9.79. The zero-order chi connectivity index (χ0) is 52.7. The van der Waals surface area contributed by atoms with Crippen molar-refractivity contribution >= 4 is 47.2 Å². The number of esters is 1. The van der Waals surface area contributed by atoms with Crippen molar-refractivity contribution < 1.29 is 73.1 Å². The van der Waals surface area contributed by atoms with Crippen molar-refractivity contribution in [3.63, 3.8) is 0 Å². The molecule has 0 aromatic carbocycles. The maximum atomic E-state index is 15.2. The lowest BCUT2D eigenvalue weighted by Gasteiger charge is -2.48. The number of nitrogens with zero attached hydrogens (tertiary/aromatic N) is 4. The van der Waals surface area contributed by atoms with E-state index < -0.39 is 126 Å². The standard InChI is InChI=1S/C47H76N8O15/c1-13-25(4)36(57)27(6)22-28(7)38-26(5)18-19-47(66,70-38)46(10,65)45(64)51-35-37(24(2)3)69-44(63)34(30(9)56)50-39(58)31-16-14-20-48-53(31)40(59)29(8)52(11)41(60)33(23-68-12)55(67)42(61)32-17-15-21-49-54(32)43(35)62/h13,22,24,26-27,29-35,37-38,48-49,56,65-67H,14-21,23H2,1-12H3,(H,50,58)(H,51,64)/b25-13+,28-22+/t26-,27?,29+,30-,31?,32+,33-,34+,35-,37-,38-,46+,47+/m0/s1. The minimum absolute atomic E-state index is 0.0780. The van der Waals surface area contributed by atoms with Crippen molar-refractivity contribution in [2.75, 3.05) is 33.9 Å². The van der Waals surface area contributed by atoms with Gasteiger partial charge in [-0.25, -0.2) is 20.7 Å². The Bertz CT molecular complexity index is 2030. The summed E-state index contributed by atoms with van der Waals surface area (Å²) in [4.78, 5) is 115. The average molecular weight is 993 g/mol. The summed E-state index contributed by atoms with van der Waals surface area (Å²) in [6.07, 6.45) is -0.257. The molecule has 4 aliphatic rings. The van der Waals surface area contributed by atoms with E-state index in [0.29, 0.717) is 17.6 Å². The van der Waals surface area contributed by atoms with Gasteiger partial charge in [-0.05, 0) is 96.6 Å². The van der Waals surface area contributed by atoms with E-state index in [0.717, 1.165) is 21.8 Å². The highest BCUT2D eigenvalue weighted by Crippen LogP contribution is 2.41. The number of hydrogen-bond acceptors (Lipinski definition) is 17. The second-order valence-corrected chi connectivity index (χ2v) is 19.6. The molecule has 23 nitrogen and oxygen atoms in total. The van der Waals surface area contributed by atoms with Crippen LogP contribution in [0.5, 0.6) is 0 Å². The van der Waals surface area contributed by atoms with Gasteiger partial charge in [0.25, 0.3) is 29.5 Å². The van der Waals surface area contributed by atoms with Crippen LogP contribution in [0.2, 0.25) is 0 Å². The monoisotopic (exact) mass is 993 g/mol. The van der Waals surface area contributed by atoms with Crippen molar-refractivity contribution in [1.82, 2.24) is 41.5 Å². The fraction of sp³-hybridized carbons (Fsp3) is 0.745. The molecule has 4 fully saturated rings. The second kappa shape index (κ2) is 24.0. The SMILES string of the molecule is C/C=C(\C)C(=O)C(C)/C=C(\C)[C@H]1O[C@@](O)([C@](C)(O)C(=O)N[C@@H]2C(=O)N3NCCC[C@@H]3C(=O)N(O)[C@@H](COC)C(=O)N(C)[C@H](C)C(=O)N3NCCCC3C(=O)N[C@H]([C@H](C)O)C(=O)O[C@H]2C(C)C)CC[C@@H]1C. The van der Waals surface area contributed by atoms with Crippen LogP contribution >= 0.6 is 0 Å². The zero-order valence-electron chi connectivity index (χ0n) is 42.5. The number of hydrogen-bond donors (Lipinski definition) is 8. The first-order valence-corrected chi connectivity index (χ1v) is 24.1. The number of hydroxylamine groups is 2. The molecule has 70 heavy (non-hydrogen) atoms. The van der Waals surface area contributed by atoms with Crippen molar-refractivity contribution in [3.8, 4) is 0 Å². The Balaban J connectivity index is 1.85. The summed E-state index contributed by atoms with van der Waals surface area (Å²) < 4.78 is 17.4. The number of Topliss-reactive ketones (excluding diaryl/α,β-unsaturated/α-hetero) is 1. The number of carbonyl (C=O) groups excluding carboxylic acids is 8. The summed E-state index contributed by atoms with van der Waals surface area (Å²) in [5.74, 6) is -12.0. The van der Waals surface area contributed by atoms with E-state index >= 15 is 4.79 Å². The van der Waals surface area contributed by atoms with Crippen molar-refractivity contribution in [2.45, 2.75) is 174 Å². The number of cyclic esters (lactones) is 1. The molecule has 4 saturated heterocycles. The Morgan fingerprint density at radius 3 is 2.09 bits per heavy atom. The van der Waals surface area contributed by atoms with E-state index in [4.69, 9.17) is 14.2 Å². The molecule has 4 heterocycles. The van der Waals surface area contributed by atoms with Crippen LogP contribution < -0.4 is 21.5 Å².